The van der Waals surface area contributed by atoms with Crippen molar-refractivity contribution in [1.29, 1.82) is 0 Å². The summed E-state index contributed by atoms with van der Waals surface area (Å²) in [6, 6.07) is 15.5. The van der Waals surface area contributed by atoms with Crippen molar-refractivity contribution in [2.24, 2.45) is 0 Å². The van der Waals surface area contributed by atoms with Crippen molar-refractivity contribution in [1.82, 2.24) is 4.90 Å². The minimum atomic E-state index is -0.121. The number of carbonyl (C=O) groups is 2. The van der Waals surface area contributed by atoms with Gasteiger partial charge in [0, 0.05) is 22.4 Å². The van der Waals surface area contributed by atoms with Gasteiger partial charge in [0.1, 0.15) is 0 Å². The lowest BCUT2D eigenvalue weighted by atomic mass is 10.1. The summed E-state index contributed by atoms with van der Waals surface area (Å²) in [5.41, 5.74) is 2.76. The molecule has 0 bridgehead atoms. The molecular formula is C22H26BrN3O2S. The maximum Gasteiger partial charge on any atom is 0.234 e. The van der Waals surface area contributed by atoms with E-state index in [2.05, 4.69) is 37.5 Å². The highest BCUT2D eigenvalue weighted by atomic mass is 79.9. The number of carbonyl (C=O) groups excluding carboxylic acids is 2. The van der Waals surface area contributed by atoms with E-state index >= 15 is 0 Å². The van der Waals surface area contributed by atoms with Gasteiger partial charge in [-0.1, -0.05) is 40.5 Å². The number of piperidine rings is 1. The molecule has 0 saturated carbocycles. The molecular weight excluding hydrogens is 450 g/mol. The monoisotopic (exact) mass is 475 g/mol. The van der Waals surface area contributed by atoms with Crippen molar-refractivity contribution in [2.45, 2.75) is 25.8 Å². The van der Waals surface area contributed by atoms with Crippen molar-refractivity contribution in [2.75, 3.05) is 35.2 Å². The predicted octanol–water partition coefficient (Wildman–Crippen LogP) is 4.75. The number of halogens is 1. The number of nitrogens with one attached hydrogen (secondary N) is 2. The molecule has 0 spiro atoms. The van der Waals surface area contributed by atoms with E-state index in [0.29, 0.717) is 0 Å². The molecule has 1 aliphatic heterocycles. The van der Waals surface area contributed by atoms with Crippen LogP contribution in [0.5, 0.6) is 0 Å². The summed E-state index contributed by atoms with van der Waals surface area (Å²) < 4.78 is 0.907. The fourth-order valence-electron chi connectivity index (χ4n) is 3.32. The third-order valence-corrected chi connectivity index (χ3v) is 6.07. The average molecular weight is 476 g/mol. The largest absolute Gasteiger partial charge is 0.325 e. The number of thioether (sulfide) groups is 1. The minimum Gasteiger partial charge on any atom is -0.325 e. The van der Waals surface area contributed by atoms with Crippen LogP contribution in [-0.4, -0.2) is 41.3 Å². The number of hydrogen-bond acceptors (Lipinski definition) is 4. The van der Waals surface area contributed by atoms with Crippen LogP contribution in [0.3, 0.4) is 0 Å². The number of rotatable bonds is 8. The van der Waals surface area contributed by atoms with Crippen LogP contribution in [0.4, 0.5) is 11.4 Å². The summed E-state index contributed by atoms with van der Waals surface area (Å²) >= 11 is 4.68. The normalized spacial score (nSPS) is 14.4. The van der Waals surface area contributed by atoms with Gasteiger partial charge in [0.15, 0.2) is 0 Å². The van der Waals surface area contributed by atoms with Crippen molar-refractivity contribution < 1.29 is 9.59 Å². The number of likely N-dealkylation sites (tertiary alicyclic amines) is 1. The van der Waals surface area contributed by atoms with Gasteiger partial charge in [0.05, 0.1) is 11.5 Å². The Balaban J connectivity index is 1.40. The lowest BCUT2D eigenvalue weighted by Crippen LogP contribution is -2.29. The lowest BCUT2D eigenvalue weighted by Gasteiger charge is -2.26. The zero-order valence-electron chi connectivity index (χ0n) is 16.3. The molecule has 0 unspecified atom stereocenters. The first kappa shape index (κ1) is 21.9. The summed E-state index contributed by atoms with van der Waals surface area (Å²) in [7, 11) is 0. The number of anilines is 2. The lowest BCUT2D eigenvalue weighted by molar-refractivity contribution is -0.114. The summed E-state index contributed by atoms with van der Waals surface area (Å²) in [5.74, 6) is 0.252. The minimum absolute atomic E-state index is 0.0969. The molecule has 2 aromatic rings. The molecule has 1 fully saturated rings. The molecule has 5 nitrogen and oxygen atoms in total. The van der Waals surface area contributed by atoms with E-state index in [-0.39, 0.29) is 23.3 Å². The zero-order chi connectivity index (χ0) is 20.5. The highest BCUT2D eigenvalue weighted by Crippen LogP contribution is 2.17. The summed E-state index contributed by atoms with van der Waals surface area (Å²) in [4.78, 5) is 26.7. The van der Waals surface area contributed by atoms with Crippen LogP contribution in [0.25, 0.3) is 0 Å². The maximum atomic E-state index is 12.2. The van der Waals surface area contributed by atoms with Crippen molar-refractivity contribution in [3.8, 4) is 0 Å². The van der Waals surface area contributed by atoms with Crippen molar-refractivity contribution in [3.63, 3.8) is 0 Å². The Bertz CT molecular complexity index is 840. The molecule has 3 rings (SSSR count). The Morgan fingerprint density at radius 2 is 1.52 bits per heavy atom. The second kappa shape index (κ2) is 11.4. The average Bonchev–Trinajstić information content (AvgIpc) is 2.69. The molecule has 0 radical (unpaired) electrons. The van der Waals surface area contributed by atoms with Crippen LogP contribution in [0, 0.1) is 0 Å². The van der Waals surface area contributed by atoms with Gasteiger partial charge < -0.3 is 10.6 Å². The highest BCUT2D eigenvalue weighted by molar-refractivity contribution is 9.10. The van der Waals surface area contributed by atoms with E-state index in [1.165, 1.54) is 36.6 Å². The van der Waals surface area contributed by atoms with Crippen molar-refractivity contribution >= 4 is 50.9 Å². The molecule has 1 heterocycles. The SMILES string of the molecule is O=C(CSCC(=O)Nc1cccc(CN2CCCCC2)c1)Nc1cccc(Br)c1. The van der Waals surface area contributed by atoms with Crippen LogP contribution >= 0.6 is 27.7 Å². The Labute approximate surface area is 184 Å². The third kappa shape index (κ3) is 7.84. The van der Waals surface area contributed by atoms with Gasteiger partial charge in [-0.2, -0.15) is 0 Å². The first-order chi connectivity index (χ1) is 14.1. The quantitative estimate of drug-likeness (QED) is 0.578. The van der Waals surface area contributed by atoms with Crippen LogP contribution in [0.1, 0.15) is 24.8 Å². The first-order valence-electron chi connectivity index (χ1n) is 9.83. The van der Waals surface area contributed by atoms with Gasteiger partial charge in [0.2, 0.25) is 11.8 Å². The standard InChI is InChI=1S/C22H26BrN3O2S/c23-18-7-5-9-20(13-18)25-22(28)16-29-15-21(27)24-19-8-4-6-17(12-19)14-26-10-2-1-3-11-26/h4-9,12-13H,1-3,10-11,14-16H2,(H,24,27)(H,25,28). The third-order valence-electron chi connectivity index (χ3n) is 4.64. The fraction of sp³-hybridized carbons (Fsp3) is 0.364. The van der Waals surface area contributed by atoms with Gasteiger partial charge in [-0.3, -0.25) is 14.5 Å². The Hall–Kier alpha value is -1.83. The van der Waals surface area contributed by atoms with Gasteiger partial charge in [-0.05, 0) is 61.8 Å². The van der Waals surface area contributed by atoms with E-state index < -0.39 is 0 Å². The summed E-state index contributed by atoms with van der Waals surface area (Å²) in [6.45, 7) is 3.22. The van der Waals surface area contributed by atoms with Crippen LogP contribution < -0.4 is 10.6 Å². The molecule has 2 aromatic carbocycles. The van der Waals surface area contributed by atoms with Gasteiger partial charge >= 0.3 is 0 Å². The van der Waals surface area contributed by atoms with Crippen LogP contribution in [0.2, 0.25) is 0 Å². The number of benzene rings is 2. The van der Waals surface area contributed by atoms with Crippen molar-refractivity contribution in [3.05, 3.63) is 58.6 Å². The molecule has 0 aliphatic carbocycles. The highest BCUT2D eigenvalue weighted by Gasteiger charge is 2.11. The van der Waals surface area contributed by atoms with E-state index in [9.17, 15) is 9.59 Å². The molecule has 7 heteroatoms. The second-order valence-corrected chi connectivity index (χ2v) is 9.04. The zero-order valence-corrected chi connectivity index (χ0v) is 18.7. The molecule has 1 aliphatic rings. The van der Waals surface area contributed by atoms with Crippen LogP contribution in [0.15, 0.2) is 53.0 Å². The molecule has 154 valence electrons. The van der Waals surface area contributed by atoms with Gasteiger partial charge in [-0.15, -0.1) is 11.8 Å². The molecule has 0 aromatic heterocycles. The van der Waals surface area contributed by atoms with E-state index in [0.717, 1.165) is 35.5 Å². The van der Waals surface area contributed by atoms with E-state index in [1.54, 1.807) is 0 Å². The van der Waals surface area contributed by atoms with E-state index in [4.69, 9.17) is 0 Å². The number of hydrogen-bond donors (Lipinski definition) is 2. The van der Waals surface area contributed by atoms with Crippen LogP contribution in [-0.2, 0) is 16.1 Å². The number of amides is 2. The molecule has 1 saturated heterocycles. The summed E-state index contributed by atoms with van der Waals surface area (Å²) in [6.07, 6.45) is 3.86. The smallest absolute Gasteiger partial charge is 0.234 e. The second-order valence-electron chi connectivity index (χ2n) is 7.14. The van der Waals surface area contributed by atoms with E-state index in [1.807, 2.05) is 42.5 Å². The molecule has 2 N–H and O–H groups in total. The first-order valence-corrected chi connectivity index (χ1v) is 11.8. The topological polar surface area (TPSA) is 61.4 Å². The molecule has 0 atom stereocenters. The maximum absolute atomic E-state index is 12.2. The Morgan fingerprint density at radius 1 is 0.897 bits per heavy atom. The van der Waals surface area contributed by atoms with Gasteiger partial charge in [-0.25, -0.2) is 0 Å². The Morgan fingerprint density at radius 3 is 2.17 bits per heavy atom. The van der Waals surface area contributed by atoms with Gasteiger partial charge in [0.25, 0.3) is 0 Å². The Kier molecular flexibility index (Phi) is 8.58. The fourth-order valence-corrected chi connectivity index (χ4v) is 4.34. The molecule has 2 amide bonds. The number of nitrogens with zero attached hydrogens (tertiary/aromatic N) is 1. The predicted molar refractivity (Wildman–Crippen MR) is 124 cm³/mol. The molecule has 29 heavy (non-hydrogen) atoms. The summed E-state index contributed by atoms with van der Waals surface area (Å²) in [5, 5.41) is 5.76.